The summed E-state index contributed by atoms with van der Waals surface area (Å²) in [6, 6.07) is 0. The molecule has 0 atom stereocenters. The van der Waals surface area contributed by atoms with Gasteiger partial charge in [-0.1, -0.05) is 19.8 Å². The molecular weight excluding hydrogens is 236 g/mol. The van der Waals surface area contributed by atoms with Gasteiger partial charge in [-0.25, -0.2) is 0 Å². The van der Waals surface area contributed by atoms with E-state index < -0.39 is 0 Å². The Bertz CT molecular complexity index is 399. The molecular formula is C16H26N2O. The topological polar surface area (TPSA) is 38.9 Å². The van der Waals surface area contributed by atoms with Crippen molar-refractivity contribution in [2.45, 2.75) is 71.1 Å². The minimum absolute atomic E-state index is 0.528. The van der Waals surface area contributed by atoms with Crippen LogP contribution in [0.25, 0.3) is 0 Å². The van der Waals surface area contributed by atoms with Gasteiger partial charge in [0.05, 0.1) is 0 Å². The molecule has 0 saturated heterocycles. The molecule has 2 fully saturated rings. The summed E-state index contributed by atoms with van der Waals surface area (Å²) in [5, 5.41) is 8.16. The molecule has 19 heavy (non-hydrogen) atoms. The molecule has 1 aromatic heterocycles. The maximum Gasteiger partial charge on any atom is 0.219 e. The van der Waals surface area contributed by atoms with E-state index in [0.717, 1.165) is 23.6 Å². The molecule has 3 nitrogen and oxygen atoms in total. The first-order valence-corrected chi connectivity index (χ1v) is 8.02. The van der Waals surface area contributed by atoms with Crippen molar-refractivity contribution in [3.8, 4) is 0 Å². The van der Waals surface area contributed by atoms with Gasteiger partial charge in [0.25, 0.3) is 0 Å². The quantitative estimate of drug-likeness (QED) is 0.789. The minimum atomic E-state index is 0.528. The molecule has 0 spiro atoms. The average Bonchev–Trinajstić information content (AvgIpc) is 2.87. The zero-order valence-corrected chi connectivity index (χ0v) is 12.3. The van der Waals surface area contributed by atoms with E-state index in [-0.39, 0.29) is 0 Å². The van der Waals surface area contributed by atoms with E-state index >= 15 is 0 Å². The smallest absolute Gasteiger partial charge is 0.219 e. The van der Waals surface area contributed by atoms with Crippen molar-refractivity contribution in [3.63, 3.8) is 0 Å². The first-order chi connectivity index (χ1) is 9.22. The number of nitrogens with zero attached hydrogens (tertiary/aromatic N) is 2. The molecule has 1 heterocycles. The second kappa shape index (κ2) is 5.64. The fraction of sp³-hybridized carbons (Fsp3) is 0.875. The van der Waals surface area contributed by atoms with Crippen LogP contribution in [-0.2, 0) is 0 Å². The van der Waals surface area contributed by atoms with Crippen LogP contribution in [0.15, 0.2) is 4.42 Å². The van der Waals surface area contributed by atoms with Gasteiger partial charge < -0.3 is 4.42 Å². The lowest BCUT2D eigenvalue weighted by Gasteiger charge is -2.36. The van der Waals surface area contributed by atoms with Crippen molar-refractivity contribution in [3.05, 3.63) is 11.8 Å². The predicted molar refractivity (Wildman–Crippen MR) is 74.9 cm³/mol. The van der Waals surface area contributed by atoms with Crippen molar-refractivity contribution < 1.29 is 4.42 Å². The number of rotatable bonds is 2. The Morgan fingerprint density at radius 2 is 1.42 bits per heavy atom. The largest absolute Gasteiger partial charge is 0.425 e. The van der Waals surface area contributed by atoms with Gasteiger partial charge in [0.1, 0.15) is 0 Å². The summed E-state index contributed by atoms with van der Waals surface area (Å²) in [7, 11) is 0. The highest BCUT2D eigenvalue weighted by Crippen LogP contribution is 2.43. The van der Waals surface area contributed by atoms with Gasteiger partial charge in [0, 0.05) is 12.8 Å². The summed E-state index contributed by atoms with van der Waals surface area (Å²) < 4.78 is 5.60. The molecule has 2 aliphatic rings. The molecule has 106 valence electrons. The molecule has 1 aromatic rings. The highest BCUT2D eigenvalue weighted by Gasteiger charge is 2.31. The molecule has 3 rings (SSSR count). The van der Waals surface area contributed by atoms with Crippen molar-refractivity contribution in [1.82, 2.24) is 10.2 Å². The first kappa shape index (κ1) is 13.1. The number of hydrogen-bond donors (Lipinski definition) is 0. The number of aromatic nitrogens is 2. The third kappa shape index (κ3) is 3.01. The van der Waals surface area contributed by atoms with Crippen molar-refractivity contribution in [1.29, 1.82) is 0 Å². The van der Waals surface area contributed by atoms with Crippen molar-refractivity contribution in [2.75, 3.05) is 0 Å². The average molecular weight is 262 g/mol. The van der Waals surface area contributed by atoms with Gasteiger partial charge in [-0.15, -0.1) is 10.2 Å². The summed E-state index contributed by atoms with van der Waals surface area (Å²) in [6.07, 6.45) is 11.1. The Balaban J connectivity index is 1.52. The lowest BCUT2D eigenvalue weighted by atomic mass is 9.69. The summed E-state index contributed by atoms with van der Waals surface area (Å²) >= 11 is 0. The van der Waals surface area contributed by atoms with Gasteiger partial charge in [-0.05, 0) is 56.3 Å². The third-order valence-electron chi connectivity index (χ3n) is 5.39. The zero-order chi connectivity index (χ0) is 13.2. The van der Waals surface area contributed by atoms with E-state index in [4.69, 9.17) is 4.42 Å². The molecule has 0 amide bonds. The highest BCUT2D eigenvalue weighted by atomic mass is 16.4. The Kier molecular flexibility index (Phi) is 3.90. The summed E-state index contributed by atoms with van der Waals surface area (Å²) in [5.74, 6) is 5.05. The van der Waals surface area contributed by atoms with Crippen LogP contribution in [0.5, 0.6) is 0 Å². The van der Waals surface area contributed by atoms with E-state index in [1.54, 1.807) is 0 Å². The van der Waals surface area contributed by atoms with E-state index in [1.807, 2.05) is 6.92 Å². The van der Waals surface area contributed by atoms with Crippen LogP contribution in [-0.4, -0.2) is 10.2 Å². The molecule has 0 aromatic carbocycles. The van der Waals surface area contributed by atoms with E-state index in [1.165, 1.54) is 51.4 Å². The molecule has 0 radical (unpaired) electrons. The van der Waals surface area contributed by atoms with Crippen molar-refractivity contribution >= 4 is 0 Å². The molecule has 0 aliphatic heterocycles. The lowest BCUT2D eigenvalue weighted by Crippen LogP contribution is -2.24. The molecule has 0 bridgehead atoms. The minimum Gasteiger partial charge on any atom is -0.425 e. The maximum atomic E-state index is 5.60. The van der Waals surface area contributed by atoms with Crippen molar-refractivity contribution in [2.24, 2.45) is 17.8 Å². The Morgan fingerprint density at radius 1 is 0.842 bits per heavy atom. The second-order valence-electron chi connectivity index (χ2n) is 6.79. The zero-order valence-electron chi connectivity index (χ0n) is 12.3. The fourth-order valence-electron chi connectivity index (χ4n) is 4.07. The second-order valence-corrected chi connectivity index (χ2v) is 6.79. The monoisotopic (exact) mass is 262 g/mol. The molecule has 0 N–H and O–H groups in total. The van der Waals surface area contributed by atoms with Crippen LogP contribution in [0.3, 0.4) is 0 Å². The Labute approximate surface area is 116 Å². The Morgan fingerprint density at radius 3 is 1.95 bits per heavy atom. The van der Waals surface area contributed by atoms with Gasteiger partial charge in [-0.2, -0.15) is 0 Å². The standard InChI is InChI=1S/C16H26N2O/c1-11-3-5-13(6-4-11)14-7-9-15(10-8-14)16-18-17-12(2)19-16/h11,13-15H,3-10H2,1-2H3. The van der Waals surface area contributed by atoms with Gasteiger partial charge in [0.15, 0.2) is 0 Å². The molecule has 2 saturated carbocycles. The lowest BCUT2D eigenvalue weighted by molar-refractivity contribution is 0.159. The van der Waals surface area contributed by atoms with E-state index in [9.17, 15) is 0 Å². The van der Waals surface area contributed by atoms with Crippen LogP contribution in [0.4, 0.5) is 0 Å². The van der Waals surface area contributed by atoms with Crippen LogP contribution in [0, 0.1) is 24.7 Å². The third-order valence-corrected chi connectivity index (χ3v) is 5.39. The Hall–Kier alpha value is -0.860. The molecule has 0 unspecified atom stereocenters. The highest BCUT2D eigenvalue weighted by molar-refractivity contribution is 4.94. The van der Waals surface area contributed by atoms with Gasteiger partial charge >= 0.3 is 0 Å². The summed E-state index contributed by atoms with van der Waals surface area (Å²) in [4.78, 5) is 0. The molecule has 3 heteroatoms. The first-order valence-electron chi connectivity index (χ1n) is 8.02. The van der Waals surface area contributed by atoms with Crippen LogP contribution in [0.1, 0.15) is 76.0 Å². The van der Waals surface area contributed by atoms with Crippen LogP contribution < -0.4 is 0 Å². The molecule has 2 aliphatic carbocycles. The van der Waals surface area contributed by atoms with E-state index in [2.05, 4.69) is 17.1 Å². The summed E-state index contributed by atoms with van der Waals surface area (Å²) in [5.41, 5.74) is 0. The SMILES string of the molecule is Cc1nnc(C2CCC(C3CCC(C)CC3)CC2)o1. The fourth-order valence-corrected chi connectivity index (χ4v) is 4.07. The summed E-state index contributed by atoms with van der Waals surface area (Å²) in [6.45, 7) is 4.29. The van der Waals surface area contributed by atoms with Crippen LogP contribution >= 0.6 is 0 Å². The maximum absolute atomic E-state index is 5.60. The van der Waals surface area contributed by atoms with Gasteiger partial charge in [0.2, 0.25) is 11.8 Å². The van der Waals surface area contributed by atoms with Gasteiger partial charge in [-0.3, -0.25) is 0 Å². The number of hydrogen-bond acceptors (Lipinski definition) is 3. The number of aryl methyl sites for hydroxylation is 1. The normalized spacial score (nSPS) is 36.3. The predicted octanol–water partition coefficient (Wildman–Crippen LogP) is 4.48. The van der Waals surface area contributed by atoms with E-state index in [0.29, 0.717) is 11.8 Å². The van der Waals surface area contributed by atoms with Crippen LogP contribution in [0.2, 0.25) is 0 Å².